The summed E-state index contributed by atoms with van der Waals surface area (Å²) in [6.07, 6.45) is 2.03. The number of aromatic hydroxyl groups is 1. The van der Waals surface area contributed by atoms with E-state index in [1.54, 1.807) is 23.1 Å². The summed E-state index contributed by atoms with van der Waals surface area (Å²) in [7, 11) is 0. The van der Waals surface area contributed by atoms with Crippen molar-refractivity contribution in [2.24, 2.45) is 0 Å². The third kappa shape index (κ3) is 1.42. The van der Waals surface area contributed by atoms with Gasteiger partial charge in [-0.1, -0.05) is 0 Å². The lowest BCUT2D eigenvalue weighted by Crippen LogP contribution is -1.73. The number of thiophene rings is 1. The monoisotopic (exact) mass is 210 g/mol. The third-order valence-electron chi connectivity index (χ3n) is 2.04. The Balaban J connectivity index is 2.84. The van der Waals surface area contributed by atoms with E-state index in [1.807, 2.05) is 18.4 Å². The van der Waals surface area contributed by atoms with Gasteiger partial charge in [-0.15, -0.1) is 23.1 Å². The summed E-state index contributed by atoms with van der Waals surface area (Å²) in [6.45, 7) is 2.07. The molecule has 3 heteroatoms. The predicted molar refractivity (Wildman–Crippen MR) is 60.0 cm³/mol. The average Bonchev–Trinajstić information content (AvgIpc) is 2.47. The molecular weight excluding hydrogens is 200 g/mol. The van der Waals surface area contributed by atoms with Crippen LogP contribution in [-0.2, 0) is 0 Å². The summed E-state index contributed by atoms with van der Waals surface area (Å²) in [6, 6.07) is 3.66. The van der Waals surface area contributed by atoms with Gasteiger partial charge in [-0.25, -0.2) is 0 Å². The molecule has 0 atom stereocenters. The zero-order chi connectivity index (χ0) is 9.42. The van der Waals surface area contributed by atoms with Crippen LogP contribution < -0.4 is 0 Å². The number of phenolic OH excluding ortho intramolecular Hbond substituents is 1. The van der Waals surface area contributed by atoms with Crippen LogP contribution in [0.2, 0.25) is 0 Å². The van der Waals surface area contributed by atoms with Gasteiger partial charge in [-0.05, 0) is 36.3 Å². The van der Waals surface area contributed by atoms with E-state index >= 15 is 0 Å². The van der Waals surface area contributed by atoms with Crippen LogP contribution in [0.5, 0.6) is 5.75 Å². The van der Waals surface area contributed by atoms with Gasteiger partial charge in [0.05, 0.1) is 0 Å². The van der Waals surface area contributed by atoms with Gasteiger partial charge in [0.15, 0.2) is 0 Å². The number of phenols is 1. The Morgan fingerprint density at radius 3 is 2.85 bits per heavy atom. The second kappa shape index (κ2) is 3.24. The van der Waals surface area contributed by atoms with Gasteiger partial charge in [-0.3, -0.25) is 0 Å². The van der Waals surface area contributed by atoms with Crippen LogP contribution in [0, 0.1) is 6.92 Å². The Labute approximate surface area is 85.4 Å². The molecule has 0 amide bonds. The molecule has 0 aliphatic heterocycles. The maximum absolute atomic E-state index is 9.48. The maximum Gasteiger partial charge on any atom is 0.117 e. The molecule has 0 saturated carbocycles. The number of rotatable bonds is 1. The predicted octanol–water partition coefficient (Wildman–Crippen LogP) is 3.64. The molecule has 1 heterocycles. The Morgan fingerprint density at radius 2 is 2.15 bits per heavy atom. The Hall–Kier alpha value is -0.670. The smallest absolute Gasteiger partial charge is 0.117 e. The van der Waals surface area contributed by atoms with Crippen molar-refractivity contribution in [3.8, 4) is 5.75 Å². The second-order valence-electron chi connectivity index (χ2n) is 2.94. The first-order valence-corrected chi connectivity index (χ1v) is 6.07. The lowest BCUT2D eigenvalue weighted by molar-refractivity contribution is 0.475. The van der Waals surface area contributed by atoms with Crippen molar-refractivity contribution in [1.82, 2.24) is 0 Å². The molecule has 1 nitrogen and oxygen atoms in total. The van der Waals surface area contributed by atoms with Crippen LogP contribution in [0.25, 0.3) is 10.1 Å². The number of hydrogen-bond donors (Lipinski definition) is 1. The van der Waals surface area contributed by atoms with Crippen LogP contribution in [-0.4, -0.2) is 11.4 Å². The van der Waals surface area contributed by atoms with E-state index in [4.69, 9.17) is 0 Å². The third-order valence-corrected chi connectivity index (χ3v) is 4.08. The topological polar surface area (TPSA) is 20.2 Å². The number of hydrogen-bond acceptors (Lipinski definition) is 3. The molecule has 1 aromatic heterocycles. The molecule has 0 saturated heterocycles. The van der Waals surface area contributed by atoms with Crippen molar-refractivity contribution >= 4 is 33.2 Å². The first kappa shape index (κ1) is 8.91. The van der Waals surface area contributed by atoms with Crippen molar-refractivity contribution < 1.29 is 5.11 Å². The summed E-state index contributed by atoms with van der Waals surface area (Å²) in [4.78, 5) is 1.16. The minimum atomic E-state index is 0.360. The quantitative estimate of drug-likeness (QED) is 0.725. The van der Waals surface area contributed by atoms with Crippen LogP contribution in [0.1, 0.15) is 5.56 Å². The fourth-order valence-corrected chi connectivity index (χ4v) is 3.24. The molecule has 2 aromatic rings. The van der Waals surface area contributed by atoms with E-state index in [2.05, 4.69) is 12.3 Å². The van der Waals surface area contributed by atoms with E-state index in [0.717, 1.165) is 4.90 Å². The SMILES string of the molecule is CSc1cc(O)cc2c(C)csc12. The maximum atomic E-state index is 9.48. The number of benzene rings is 1. The van der Waals surface area contributed by atoms with E-state index in [-0.39, 0.29) is 0 Å². The molecule has 0 radical (unpaired) electrons. The van der Waals surface area contributed by atoms with Crippen LogP contribution in [0.15, 0.2) is 22.4 Å². The Kier molecular flexibility index (Phi) is 2.22. The van der Waals surface area contributed by atoms with E-state index in [9.17, 15) is 5.11 Å². The number of aryl methyl sites for hydroxylation is 1. The van der Waals surface area contributed by atoms with Gasteiger partial charge >= 0.3 is 0 Å². The lowest BCUT2D eigenvalue weighted by Gasteiger charge is -2.00. The molecule has 0 bridgehead atoms. The fourth-order valence-electron chi connectivity index (χ4n) is 1.36. The van der Waals surface area contributed by atoms with Gasteiger partial charge in [-0.2, -0.15) is 0 Å². The lowest BCUT2D eigenvalue weighted by atomic mass is 10.2. The molecule has 0 spiro atoms. The zero-order valence-corrected chi connectivity index (χ0v) is 9.13. The van der Waals surface area contributed by atoms with Gasteiger partial charge in [0.25, 0.3) is 0 Å². The average molecular weight is 210 g/mol. The summed E-state index contributed by atoms with van der Waals surface area (Å²) in [5.41, 5.74) is 1.24. The number of fused-ring (bicyclic) bond motifs is 1. The molecule has 0 fully saturated rings. The van der Waals surface area contributed by atoms with E-state index in [1.165, 1.54) is 15.6 Å². The highest BCUT2D eigenvalue weighted by Crippen LogP contribution is 2.36. The van der Waals surface area contributed by atoms with Gasteiger partial charge in [0.1, 0.15) is 5.75 Å². The summed E-state index contributed by atoms with van der Waals surface area (Å²) in [5, 5.41) is 12.8. The molecule has 68 valence electrons. The van der Waals surface area contributed by atoms with Crippen molar-refractivity contribution in [3.05, 3.63) is 23.1 Å². The Morgan fingerprint density at radius 1 is 1.38 bits per heavy atom. The normalized spacial score (nSPS) is 10.9. The van der Waals surface area contributed by atoms with Gasteiger partial charge in [0, 0.05) is 15.0 Å². The first-order valence-electron chi connectivity index (χ1n) is 3.97. The van der Waals surface area contributed by atoms with E-state index < -0.39 is 0 Å². The minimum absolute atomic E-state index is 0.360. The minimum Gasteiger partial charge on any atom is -0.508 e. The molecule has 0 unspecified atom stereocenters. The van der Waals surface area contributed by atoms with Crippen LogP contribution in [0.4, 0.5) is 0 Å². The largest absolute Gasteiger partial charge is 0.508 e. The molecule has 13 heavy (non-hydrogen) atoms. The van der Waals surface area contributed by atoms with E-state index in [0.29, 0.717) is 5.75 Å². The molecule has 0 aliphatic rings. The summed E-state index contributed by atoms with van der Waals surface area (Å²) >= 11 is 3.42. The summed E-state index contributed by atoms with van der Waals surface area (Å²) in [5.74, 6) is 0.360. The standard InChI is InChI=1S/C10H10OS2/c1-6-5-13-10-8(6)3-7(11)4-9(10)12-2/h3-5,11H,1-2H3. The van der Waals surface area contributed by atoms with Gasteiger partial charge < -0.3 is 5.11 Å². The first-order chi connectivity index (χ1) is 6.22. The molecule has 0 aliphatic carbocycles. The highest BCUT2D eigenvalue weighted by Gasteiger charge is 2.06. The molecule has 2 rings (SSSR count). The Bertz CT molecular complexity index is 445. The molecular formula is C10H10OS2. The number of thioether (sulfide) groups is 1. The highest BCUT2D eigenvalue weighted by molar-refractivity contribution is 7.99. The van der Waals surface area contributed by atoms with Crippen molar-refractivity contribution in [1.29, 1.82) is 0 Å². The second-order valence-corrected chi connectivity index (χ2v) is 4.67. The van der Waals surface area contributed by atoms with Crippen molar-refractivity contribution in [2.45, 2.75) is 11.8 Å². The molecule has 1 aromatic carbocycles. The van der Waals surface area contributed by atoms with Crippen LogP contribution >= 0.6 is 23.1 Å². The van der Waals surface area contributed by atoms with Crippen molar-refractivity contribution in [2.75, 3.05) is 6.26 Å². The molecule has 1 N–H and O–H groups in total. The summed E-state index contributed by atoms with van der Waals surface area (Å²) < 4.78 is 1.28. The van der Waals surface area contributed by atoms with Gasteiger partial charge in [0.2, 0.25) is 0 Å². The highest BCUT2D eigenvalue weighted by atomic mass is 32.2. The zero-order valence-electron chi connectivity index (χ0n) is 7.50. The van der Waals surface area contributed by atoms with Crippen LogP contribution in [0.3, 0.4) is 0 Å². The van der Waals surface area contributed by atoms with Crippen molar-refractivity contribution in [3.63, 3.8) is 0 Å². The fraction of sp³-hybridized carbons (Fsp3) is 0.200.